The van der Waals surface area contributed by atoms with Crippen LogP contribution in [-0.2, 0) is 13.6 Å². The summed E-state index contributed by atoms with van der Waals surface area (Å²) in [5.74, 6) is 0. The molecule has 0 aliphatic rings. The van der Waals surface area contributed by atoms with Crippen LogP contribution in [0.4, 0.5) is 0 Å². The summed E-state index contributed by atoms with van der Waals surface area (Å²) in [5.41, 5.74) is 0. The van der Waals surface area contributed by atoms with E-state index in [4.69, 9.17) is 13.6 Å². The molecule has 0 heterocycles. The van der Waals surface area contributed by atoms with Gasteiger partial charge in [0.05, 0.1) is 12.9 Å². The molecule has 1 aromatic rings. The van der Waals surface area contributed by atoms with Crippen molar-refractivity contribution in [3.8, 4) is 0 Å². The molecule has 0 aliphatic heterocycles. The molecule has 0 spiro atoms. The Morgan fingerprint density at radius 3 is 2.35 bits per heavy atom. The van der Waals surface area contributed by atoms with Crippen LogP contribution in [-0.4, -0.2) is 29.4 Å². The third-order valence-electron chi connectivity index (χ3n) is 2.76. The van der Waals surface area contributed by atoms with Gasteiger partial charge in [-0.15, -0.1) is 0 Å². The van der Waals surface area contributed by atoms with Gasteiger partial charge in [-0.25, -0.2) is 0 Å². The third kappa shape index (κ3) is 3.69. The number of hydrogen-bond acceptors (Lipinski definition) is 3. The van der Waals surface area contributed by atoms with Gasteiger partial charge < -0.3 is 13.6 Å². The molecule has 0 radical (unpaired) electrons. The van der Waals surface area contributed by atoms with E-state index in [0.29, 0.717) is 6.61 Å². The molecule has 0 amide bonds. The van der Waals surface area contributed by atoms with E-state index in [1.165, 1.54) is 6.26 Å². The highest BCUT2D eigenvalue weighted by molar-refractivity contribution is 6.81. The van der Waals surface area contributed by atoms with Crippen molar-refractivity contribution in [2.75, 3.05) is 20.8 Å². The predicted molar refractivity (Wildman–Crippen MR) is 71.4 cm³/mol. The van der Waals surface area contributed by atoms with Gasteiger partial charge >= 0.3 is 8.56 Å². The van der Waals surface area contributed by atoms with Crippen LogP contribution in [0.1, 0.15) is 6.42 Å². The van der Waals surface area contributed by atoms with Gasteiger partial charge in [0.15, 0.2) is 0 Å². The molecule has 0 N–H and O–H groups in total. The van der Waals surface area contributed by atoms with E-state index in [-0.39, 0.29) is 0 Å². The van der Waals surface area contributed by atoms with E-state index in [1.807, 2.05) is 18.2 Å². The van der Waals surface area contributed by atoms with E-state index in [1.54, 1.807) is 14.2 Å². The van der Waals surface area contributed by atoms with E-state index >= 15 is 0 Å². The molecular weight excluding hydrogens is 232 g/mol. The molecule has 1 aromatic carbocycles. The van der Waals surface area contributed by atoms with Crippen LogP contribution in [0.3, 0.4) is 0 Å². The zero-order chi connectivity index (χ0) is 12.6. The van der Waals surface area contributed by atoms with Gasteiger partial charge in [0.2, 0.25) is 0 Å². The monoisotopic (exact) mass is 252 g/mol. The van der Waals surface area contributed by atoms with Gasteiger partial charge in [0.25, 0.3) is 0 Å². The molecule has 0 aromatic heterocycles. The minimum atomic E-state index is -2.28. The van der Waals surface area contributed by atoms with Crippen LogP contribution in [0, 0.1) is 0 Å². The van der Waals surface area contributed by atoms with Crippen molar-refractivity contribution in [3.05, 3.63) is 43.2 Å². The topological polar surface area (TPSA) is 27.7 Å². The lowest BCUT2D eigenvalue weighted by atomic mass is 10.4. The summed E-state index contributed by atoms with van der Waals surface area (Å²) in [6.45, 7) is 4.17. The standard InChI is InChI=1S/C13H20O3Si/c1-4-16-11-8-12-17(14-2,15-3)13-9-6-5-7-10-13/h4-7,9-10H,1,8,11-12H2,2-3H3. The predicted octanol–water partition coefficient (Wildman–Crippen LogP) is 2.18. The Labute approximate surface area is 104 Å². The fourth-order valence-electron chi connectivity index (χ4n) is 1.83. The molecule has 17 heavy (non-hydrogen) atoms. The van der Waals surface area contributed by atoms with Crippen molar-refractivity contribution in [1.29, 1.82) is 0 Å². The maximum absolute atomic E-state index is 5.69. The van der Waals surface area contributed by atoms with Crippen molar-refractivity contribution >= 4 is 13.7 Å². The van der Waals surface area contributed by atoms with Gasteiger partial charge in [0.1, 0.15) is 0 Å². The largest absolute Gasteiger partial charge is 0.502 e. The molecule has 94 valence electrons. The second-order valence-electron chi connectivity index (χ2n) is 3.67. The van der Waals surface area contributed by atoms with Crippen LogP contribution in [0.2, 0.25) is 6.04 Å². The quantitative estimate of drug-likeness (QED) is 0.403. The average Bonchev–Trinajstić information content (AvgIpc) is 2.41. The van der Waals surface area contributed by atoms with Gasteiger partial charge in [-0.3, -0.25) is 0 Å². The lowest BCUT2D eigenvalue weighted by molar-refractivity contribution is 0.230. The molecule has 0 bridgehead atoms. The Bertz CT molecular complexity index is 323. The fraction of sp³-hybridized carbons (Fsp3) is 0.385. The Kier molecular flexibility index (Phi) is 5.97. The zero-order valence-corrected chi connectivity index (χ0v) is 11.5. The zero-order valence-electron chi connectivity index (χ0n) is 10.5. The molecule has 0 saturated heterocycles. The second kappa shape index (κ2) is 7.27. The Balaban J connectivity index is 2.71. The van der Waals surface area contributed by atoms with Crippen LogP contribution < -0.4 is 5.19 Å². The Morgan fingerprint density at radius 1 is 1.18 bits per heavy atom. The summed E-state index contributed by atoms with van der Waals surface area (Å²) in [6.07, 6.45) is 2.36. The SMILES string of the molecule is C=COCCC[Si](OC)(OC)c1ccccc1. The molecule has 3 nitrogen and oxygen atoms in total. The smallest absolute Gasteiger partial charge is 0.372 e. The van der Waals surface area contributed by atoms with E-state index in [2.05, 4.69) is 18.7 Å². The van der Waals surface area contributed by atoms with E-state index in [0.717, 1.165) is 17.7 Å². The van der Waals surface area contributed by atoms with Crippen LogP contribution in [0.15, 0.2) is 43.2 Å². The third-order valence-corrected chi connectivity index (χ3v) is 6.30. The van der Waals surface area contributed by atoms with Crippen molar-refractivity contribution in [3.63, 3.8) is 0 Å². The van der Waals surface area contributed by atoms with Gasteiger partial charge in [-0.1, -0.05) is 36.9 Å². The lowest BCUT2D eigenvalue weighted by Gasteiger charge is -2.27. The molecule has 0 aliphatic carbocycles. The molecule has 0 saturated carbocycles. The molecular formula is C13H20O3Si. The highest BCUT2D eigenvalue weighted by Gasteiger charge is 2.37. The minimum Gasteiger partial charge on any atom is -0.502 e. The van der Waals surface area contributed by atoms with Crippen molar-refractivity contribution in [1.82, 2.24) is 0 Å². The van der Waals surface area contributed by atoms with E-state index in [9.17, 15) is 0 Å². The molecule has 4 heteroatoms. The molecule has 0 fully saturated rings. The first kappa shape index (κ1) is 14.0. The van der Waals surface area contributed by atoms with Crippen LogP contribution in [0.5, 0.6) is 0 Å². The number of rotatable bonds is 8. The van der Waals surface area contributed by atoms with Crippen molar-refractivity contribution < 1.29 is 13.6 Å². The van der Waals surface area contributed by atoms with Gasteiger partial charge in [-0.05, 0) is 17.7 Å². The highest BCUT2D eigenvalue weighted by atomic mass is 28.4. The van der Waals surface area contributed by atoms with Gasteiger partial charge in [-0.2, -0.15) is 0 Å². The summed E-state index contributed by atoms with van der Waals surface area (Å²) in [7, 11) is 1.15. The Morgan fingerprint density at radius 2 is 1.82 bits per heavy atom. The first-order chi connectivity index (χ1) is 8.29. The van der Waals surface area contributed by atoms with Crippen LogP contribution in [0.25, 0.3) is 0 Å². The highest BCUT2D eigenvalue weighted by Crippen LogP contribution is 2.14. The van der Waals surface area contributed by atoms with Crippen molar-refractivity contribution in [2.45, 2.75) is 12.5 Å². The average molecular weight is 252 g/mol. The fourth-order valence-corrected chi connectivity index (χ4v) is 4.48. The number of benzene rings is 1. The molecule has 0 unspecified atom stereocenters. The summed E-state index contributed by atoms with van der Waals surface area (Å²) in [4.78, 5) is 0. The first-order valence-corrected chi connectivity index (χ1v) is 7.70. The summed E-state index contributed by atoms with van der Waals surface area (Å²) in [5, 5.41) is 1.16. The van der Waals surface area contributed by atoms with Crippen molar-refractivity contribution in [2.24, 2.45) is 0 Å². The summed E-state index contributed by atoms with van der Waals surface area (Å²) >= 11 is 0. The molecule has 0 atom stereocenters. The first-order valence-electron chi connectivity index (χ1n) is 5.67. The second-order valence-corrected chi connectivity index (χ2v) is 7.07. The maximum atomic E-state index is 5.69. The normalized spacial score (nSPS) is 11.2. The molecule has 1 rings (SSSR count). The summed E-state index contributed by atoms with van der Waals surface area (Å²) < 4.78 is 16.5. The lowest BCUT2D eigenvalue weighted by Crippen LogP contribution is -2.52. The number of ether oxygens (including phenoxy) is 1. The summed E-state index contributed by atoms with van der Waals surface area (Å²) in [6, 6.07) is 11.0. The Hall–Kier alpha value is -1.10. The maximum Gasteiger partial charge on any atom is 0.372 e. The minimum absolute atomic E-state index is 0.651. The number of hydrogen-bond donors (Lipinski definition) is 0. The van der Waals surface area contributed by atoms with E-state index < -0.39 is 8.56 Å². The van der Waals surface area contributed by atoms with Crippen LogP contribution >= 0.6 is 0 Å². The van der Waals surface area contributed by atoms with Gasteiger partial charge in [0, 0.05) is 14.2 Å².